The van der Waals surface area contributed by atoms with Crippen LogP contribution in [0.2, 0.25) is 0 Å². The van der Waals surface area contributed by atoms with Gasteiger partial charge in [0, 0.05) is 30.5 Å². The van der Waals surface area contributed by atoms with Crippen molar-refractivity contribution in [2.45, 2.75) is 24.5 Å². The lowest BCUT2D eigenvalue weighted by atomic mass is 10.2. The molecule has 2 rings (SSSR count). The van der Waals surface area contributed by atoms with Crippen LogP contribution < -0.4 is 10.6 Å². The molecule has 1 aliphatic rings. The molecule has 1 aromatic rings. The fourth-order valence-electron chi connectivity index (χ4n) is 2.19. The molecule has 1 unspecified atom stereocenters. The number of furan rings is 1. The predicted molar refractivity (Wildman–Crippen MR) is 110 cm³/mol. The minimum Gasteiger partial charge on any atom is -0.469 e. The van der Waals surface area contributed by atoms with Crippen LogP contribution in [0, 0.1) is 0 Å². The van der Waals surface area contributed by atoms with E-state index in [2.05, 4.69) is 28.7 Å². The molecule has 4 nitrogen and oxygen atoms in total. The topological polar surface area (TPSA) is 49.6 Å². The summed E-state index contributed by atoms with van der Waals surface area (Å²) in [7, 11) is 0. The van der Waals surface area contributed by atoms with E-state index in [0.717, 1.165) is 43.5 Å². The van der Waals surface area contributed by atoms with E-state index >= 15 is 0 Å². The van der Waals surface area contributed by atoms with Crippen molar-refractivity contribution in [3.8, 4) is 0 Å². The van der Waals surface area contributed by atoms with Crippen LogP contribution in [0.4, 0.5) is 0 Å². The predicted octanol–water partition coefficient (Wildman–Crippen LogP) is 3.23. The highest BCUT2D eigenvalue weighted by molar-refractivity contribution is 14.0. The van der Waals surface area contributed by atoms with E-state index in [9.17, 15) is 0 Å². The van der Waals surface area contributed by atoms with Gasteiger partial charge in [0.2, 0.25) is 0 Å². The van der Waals surface area contributed by atoms with E-state index in [-0.39, 0.29) is 24.0 Å². The summed E-state index contributed by atoms with van der Waals surface area (Å²) >= 11 is 3.90. The molecule has 2 heterocycles. The van der Waals surface area contributed by atoms with Gasteiger partial charge in [-0.2, -0.15) is 23.5 Å². The zero-order valence-corrected chi connectivity index (χ0v) is 17.0. The number of aliphatic imine (C=N–C) groups is 1. The largest absolute Gasteiger partial charge is 0.469 e. The van der Waals surface area contributed by atoms with Crippen LogP contribution in [0.15, 0.2) is 27.8 Å². The molecule has 2 N–H and O–H groups in total. The molecule has 0 aromatic carbocycles. The van der Waals surface area contributed by atoms with Crippen molar-refractivity contribution < 1.29 is 4.42 Å². The van der Waals surface area contributed by atoms with Gasteiger partial charge in [0.25, 0.3) is 0 Å². The Hall–Kier alpha value is -0.0200. The Labute approximate surface area is 159 Å². The summed E-state index contributed by atoms with van der Waals surface area (Å²) < 4.78 is 5.35. The van der Waals surface area contributed by atoms with Crippen molar-refractivity contribution in [1.82, 2.24) is 10.6 Å². The number of guanidine groups is 1. The van der Waals surface area contributed by atoms with Crippen molar-refractivity contribution in [1.29, 1.82) is 0 Å². The molecule has 1 saturated heterocycles. The van der Waals surface area contributed by atoms with Gasteiger partial charge in [-0.1, -0.05) is 0 Å². The fraction of sp³-hybridized carbons (Fsp3) is 0.667. The number of rotatable bonds is 8. The summed E-state index contributed by atoms with van der Waals surface area (Å²) in [4.78, 5) is 4.73. The molecule has 126 valence electrons. The van der Waals surface area contributed by atoms with E-state index in [1.165, 1.54) is 18.6 Å². The first-order valence-corrected chi connectivity index (χ1v) is 9.98. The van der Waals surface area contributed by atoms with Gasteiger partial charge in [-0.25, -0.2) is 0 Å². The first-order valence-electron chi connectivity index (χ1n) is 7.53. The van der Waals surface area contributed by atoms with E-state index in [1.54, 1.807) is 6.26 Å². The molecule has 1 atom stereocenters. The lowest BCUT2D eigenvalue weighted by Crippen LogP contribution is -2.40. The first-order chi connectivity index (χ1) is 10.4. The summed E-state index contributed by atoms with van der Waals surface area (Å²) in [6.45, 7) is 2.71. The monoisotopic (exact) mass is 455 g/mol. The zero-order valence-electron chi connectivity index (χ0n) is 13.0. The van der Waals surface area contributed by atoms with E-state index in [0.29, 0.717) is 5.25 Å². The summed E-state index contributed by atoms with van der Waals surface area (Å²) in [6, 6.07) is 3.94. The van der Waals surface area contributed by atoms with Crippen LogP contribution in [0.3, 0.4) is 0 Å². The lowest BCUT2D eigenvalue weighted by molar-refractivity contribution is 0.507. The van der Waals surface area contributed by atoms with Gasteiger partial charge in [-0.15, -0.1) is 24.0 Å². The molecular formula is C15H26IN3OS2. The summed E-state index contributed by atoms with van der Waals surface area (Å²) in [5.41, 5.74) is 0. The van der Waals surface area contributed by atoms with E-state index in [4.69, 9.17) is 9.41 Å². The third-order valence-corrected chi connectivity index (χ3v) is 5.31. The van der Waals surface area contributed by atoms with Crippen LogP contribution in [-0.2, 0) is 6.42 Å². The molecule has 0 saturated carbocycles. The third kappa shape index (κ3) is 8.01. The maximum Gasteiger partial charge on any atom is 0.191 e. The molecular weight excluding hydrogens is 429 g/mol. The Bertz CT molecular complexity index is 409. The quantitative estimate of drug-likeness (QED) is 0.273. The Morgan fingerprint density at radius 1 is 1.45 bits per heavy atom. The van der Waals surface area contributed by atoms with Crippen LogP contribution in [-0.4, -0.2) is 48.6 Å². The van der Waals surface area contributed by atoms with Gasteiger partial charge in [0.05, 0.1) is 12.8 Å². The van der Waals surface area contributed by atoms with Crippen LogP contribution in [0.25, 0.3) is 0 Å². The Balaban J connectivity index is 0.00000242. The molecule has 1 fully saturated rings. The molecule has 0 radical (unpaired) electrons. The minimum absolute atomic E-state index is 0. The molecule has 22 heavy (non-hydrogen) atoms. The standard InChI is InChI=1S/C15H25N3OS2.HI/c1-20-11-8-17-15(18-12-14-5-3-10-21-14)16-7-6-13-4-2-9-19-13;/h2,4,9,14H,3,5-8,10-12H2,1H3,(H2,16,17,18);1H. The van der Waals surface area contributed by atoms with Crippen LogP contribution >= 0.6 is 47.5 Å². The highest BCUT2D eigenvalue weighted by atomic mass is 127. The second-order valence-electron chi connectivity index (χ2n) is 5.00. The lowest BCUT2D eigenvalue weighted by Gasteiger charge is -2.13. The number of nitrogens with zero attached hydrogens (tertiary/aromatic N) is 1. The fourth-order valence-corrected chi connectivity index (χ4v) is 3.67. The molecule has 0 bridgehead atoms. The number of thioether (sulfide) groups is 2. The van der Waals surface area contributed by atoms with Gasteiger partial charge < -0.3 is 15.1 Å². The van der Waals surface area contributed by atoms with Crippen molar-refractivity contribution in [3.63, 3.8) is 0 Å². The minimum atomic E-state index is 0. The van der Waals surface area contributed by atoms with E-state index < -0.39 is 0 Å². The third-order valence-electron chi connectivity index (χ3n) is 3.32. The number of halogens is 1. The molecule has 0 amide bonds. The summed E-state index contributed by atoms with van der Waals surface area (Å²) in [5, 5.41) is 7.51. The molecule has 1 aromatic heterocycles. The Morgan fingerprint density at radius 2 is 2.32 bits per heavy atom. The first kappa shape index (κ1) is 20.0. The van der Waals surface area contributed by atoms with Crippen LogP contribution in [0.5, 0.6) is 0 Å². The van der Waals surface area contributed by atoms with Crippen molar-refractivity contribution in [2.24, 2.45) is 4.99 Å². The smallest absolute Gasteiger partial charge is 0.191 e. The van der Waals surface area contributed by atoms with Crippen LogP contribution in [0.1, 0.15) is 18.6 Å². The van der Waals surface area contributed by atoms with Gasteiger partial charge >= 0.3 is 0 Å². The summed E-state index contributed by atoms with van der Waals surface area (Å²) in [5.74, 6) is 4.33. The van der Waals surface area contributed by atoms with E-state index in [1.807, 2.05) is 23.9 Å². The van der Waals surface area contributed by atoms with Gasteiger partial charge in [0.1, 0.15) is 5.76 Å². The Morgan fingerprint density at radius 3 is 3.00 bits per heavy atom. The number of hydrogen-bond acceptors (Lipinski definition) is 4. The SMILES string of the molecule is CSCCNC(=NCC1CCCS1)NCCc1ccco1.I. The van der Waals surface area contributed by atoms with Gasteiger partial charge in [0.15, 0.2) is 5.96 Å². The van der Waals surface area contributed by atoms with Gasteiger partial charge in [-0.3, -0.25) is 4.99 Å². The molecule has 7 heteroatoms. The molecule has 1 aliphatic heterocycles. The molecule has 0 spiro atoms. The zero-order chi connectivity index (χ0) is 14.8. The maximum absolute atomic E-state index is 5.35. The number of hydrogen-bond donors (Lipinski definition) is 2. The van der Waals surface area contributed by atoms with Crippen molar-refractivity contribution in [3.05, 3.63) is 24.2 Å². The number of nitrogens with one attached hydrogen (secondary N) is 2. The van der Waals surface area contributed by atoms with Crippen molar-refractivity contribution >= 4 is 53.5 Å². The van der Waals surface area contributed by atoms with Crippen molar-refractivity contribution in [2.75, 3.05) is 37.4 Å². The average Bonchev–Trinajstić information content (AvgIpc) is 3.18. The highest BCUT2D eigenvalue weighted by Crippen LogP contribution is 2.25. The van der Waals surface area contributed by atoms with Gasteiger partial charge in [-0.05, 0) is 37.0 Å². The second kappa shape index (κ2) is 12.4. The molecule has 0 aliphatic carbocycles. The highest BCUT2D eigenvalue weighted by Gasteiger charge is 2.14. The second-order valence-corrected chi connectivity index (χ2v) is 7.39. The maximum atomic E-state index is 5.35. The Kier molecular flexibility index (Phi) is 11.3. The average molecular weight is 455 g/mol. The normalized spacial score (nSPS) is 18.0. The summed E-state index contributed by atoms with van der Waals surface area (Å²) in [6.07, 6.45) is 7.37.